The third-order valence-electron chi connectivity index (χ3n) is 3.36. The lowest BCUT2D eigenvalue weighted by Crippen LogP contribution is -2.20. The average molecular weight is 375 g/mol. The highest BCUT2D eigenvalue weighted by atomic mass is 79.9. The summed E-state index contributed by atoms with van der Waals surface area (Å²) in [7, 11) is 0. The van der Waals surface area contributed by atoms with Crippen LogP contribution in [0.4, 0.5) is 10.1 Å². The predicted octanol–water partition coefficient (Wildman–Crippen LogP) is 3.54. The summed E-state index contributed by atoms with van der Waals surface area (Å²) in [5.41, 5.74) is 0.946. The minimum Gasteiger partial charge on any atom is -0.338 e. The van der Waals surface area contributed by atoms with E-state index in [1.165, 1.54) is 24.3 Å². The maximum atomic E-state index is 13.1. The molecule has 1 N–H and O–H groups in total. The van der Waals surface area contributed by atoms with Crippen molar-refractivity contribution in [1.29, 1.82) is 0 Å². The number of halogens is 2. The number of carbonyl (C=O) groups is 1. The topological polar surface area (TPSA) is 51.1 Å². The van der Waals surface area contributed by atoms with Gasteiger partial charge in [-0.15, -0.1) is 0 Å². The van der Waals surface area contributed by atoms with Gasteiger partial charge in [-0.3, -0.25) is 9.59 Å². The molecule has 3 aromatic rings. The fourth-order valence-electron chi connectivity index (χ4n) is 2.34. The minimum absolute atomic E-state index is 0.0227. The van der Waals surface area contributed by atoms with E-state index in [-0.39, 0.29) is 17.9 Å². The molecular formula is C17H12BrFN2O2. The van der Waals surface area contributed by atoms with Gasteiger partial charge in [0.05, 0.1) is 5.52 Å². The van der Waals surface area contributed by atoms with Gasteiger partial charge >= 0.3 is 0 Å². The zero-order valence-corrected chi connectivity index (χ0v) is 13.5. The van der Waals surface area contributed by atoms with Crippen molar-refractivity contribution in [2.45, 2.75) is 6.54 Å². The van der Waals surface area contributed by atoms with Gasteiger partial charge in [0.15, 0.2) is 5.43 Å². The van der Waals surface area contributed by atoms with E-state index in [2.05, 4.69) is 21.2 Å². The Morgan fingerprint density at radius 1 is 1.17 bits per heavy atom. The number of benzene rings is 2. The van der Waals surface area contributed by atoms with Gasteiger partial charge in [-0.25, -0.2) is 4.39 Å². The Morgan fingerprint density at radius 2 is 2.00 bits per heavy atom. The van der Waals surface area contributed by atoms with E-state index in [1.807, 2.05) is 6.07 Å². The minimum atomic E-state index is -0.415. The molecule has 0 aliphatic carbocycles. The number of fused-ring (bicyclic) bond motifs is 1. The number of pyridine rings is 1. The number of aromatic nitrogens is 1. The monoisotopic (exact) mass is 374 g/mol. The molecule has 3 rings (SSSR count). The molecule has 4 nitrogen and oxygen atoms in total. The third-order valence-corrected chi connectivity index (χ3v) is 3.85. The van der Waals surface area contributed by atoms with Crippen LogP contribution in [0.5, 0.6) is 0 Å². The van der Waals surface area contributed by atoms with Gasteiger partial charge in [0.1, 0.15) is 12.4 Å². The van der Waals surface area contributed by atoms with Crippen LogP contribution >= 0.6 is 15.9 Å². The van der Waals surface area contributed by atoms with Crippen molar-refractivity contribution in [1.82, 2.24) is 4.57 Å². The van der Waals surface area contributed by atoms with E-state index in [4.69, 9.17) is 0 Å². The van der Waals surface area contributed by atoms with Gasteiger partial charge in [0.2, 0.25) is 5.91 Å². The van der Waals surface area contributed by atoms with E-state index >= 15 is 0 Å². The van der Waals surface area contributed by atoms with E-state index in [0.29, 0.717) is 16.6 Å². The van der Waals surface area contributed by atoms with Crippen molar-refractivity contribution < 1.29 is 9.18 Å². The van der Waals surface area contributed by atoms with Crippen molar-refractivity contribution in [3.8, 4) is 0 Å². The van der Waals surface area contributed by atoms with E-state index < -0.39 is 5.82 Å². The Balaban J connectivity index is 1.88. The molecular weight excluding hydrogens is 363 g/mol. The molecule has 0 bridgehead atoms. The number of nitrogens with one attached hydrogen (secondary N) is 1. The summed E-state index contributed by atoms with van der Waals surface area (Å²) in [5, 5.41) is 3.16. The molecule has 0 saturated carbocycles. The average Bonchev–Trinajstić information content (AvgIpc) is 2.50. The molecule has 6 heteroatoms. The molecule has 0 spiro atoms. The molecule has 0 aliphatic heterocycles. The highest BCUT2D eigenvalue weighted by molar-refractivity contribution is 9.10. The SMILES string of the molecule is O=C(Cn1ccc(=O)c2cc(Br)ccc21)Nc1cccc(F)c1. The number of rotatable bonds is 3. The molecule has 1 aromatic heterocycles. The zero-order valence-electron chi connectivity index (χ0n) is 11.9. The summed E-state index contributed by atoms with van der Waals surface area (Å²) in [6.07, 6.45) is 1.57. The molecule has 1 heterocycles. The smallest absolute Gasteiger partial charge is 0.244 e. The van der Waals surface area contributed by atoms with E-state index in [0.717, 1.165) is 4.47 Å². The summed E-state index contributed by atoms with van der Waals surface area (Å²) in [6, 6.07) is 12.4. The number of hydrogen-bond donors (Lipinski definition) is 1. The maximum absolute atomic E-state index is 13.1. The van der Waals surface area contributed by atoms with E-state index in [1.54, 1.807) is 29.0 Å². The molecule has 0 saturated heterocycles. The van der Waals surface area contributed by atoms with Gasteiger partial charge in [-0.2, -0.15) is 0 Å². The Labute approximate surface area is 139 Å². The molecule has 116 valence electrons. The number of amides is 1. The number of nitrogens with zero attached hydrogens (tertiary/aromatic N) is 1. The third kappa shape index (κ3) is 3.48. The van der Waals surface area contributed by atoms with Crippen LogP contribution in [0.3, 0.4) is 0 Å². The first-order valence-corrected chi connectivity index (χ1v) is 7.66. The molecule has 0 radical (unpaired) electrons. The Morgan fingerprint density at radius 3 is 2.78 bits per heavy atom. The Kier molecular flexibility index (Phi) is 4.25. The number of hydrogen-bond acceptors (Lipinski definition) is 2. The normalized spacial score (nSPS) is 10.7. The summed E-state index contributed by atoms with van der Waals surface area (Å²) in [6.45, 7) is 0.0227. The lowest BCUT2D eigenvalue weighted by Gasteiger charge is -2.11. The van der Waals surface area contributed by atoms with Crippen LogP contribution < -0.4 is 10.7 Å². The second kappa shape index (κ2) is 6.34. The van der Waals surface area contributed by atoms with Crippen molar-refractivity contribution in [3.05, 3.63) is 75.2 Å². The Hall–Kier alpha value is -2.47. The van der Waals surface area contributed by atoms with Gasteiger partial charge in [-0.05, 0) is 36.4 Å². The lowest BCUT2D eigenvalue weighted by molar-refractivity contribution is -0.116. The van der Waals surface area contributed by atoms with Crippen molar-refractivity contribution >= 4 is 38.4 Å². The van der Waals surface area contributed by atoms with Crippen LogP contribution in [-0.4, -0.2) is 10.5 Å². The molecule has 0 unspecified atom stereocenters. The highest BCUT2D eigenvalue weighted by Crippen LogP contribution is 2.17. The van der Waals surface area contributed by atoms with Crippen molar-refractivity contribution in [2.24, 2.45) is 0 Å². The lowest BCUT2D eigenvalue weighted by atomic mass is 10.2. The largest absolute Gasteiger partial charge is 0.338 e. The molecule has 2 aromatic carbocycles. The molecule has 23 heavy (non-hydrogen) atoms. The van der Waals surface area contributed by atoms with Crippen molar-refractivity contribution in [2.75, 3.05) is 5.32 Å². The van der Waals surface area contributed by atoms with Crippen LogP contribution in [-0.2, 0) is 11.3 Å². The second-order valence-electron chi connectivity index (χ2n) is 5.03. The van der Waals surface area contributed by atoms with Crippen LogP contribution in [0.2, 0.25) is 0 Å². The fourth-order valence-corrected chi connectivity index (χ4v) is 2.70. The maximum Gasteiger partial charge on any atom is 0.244 e. The van der Waals surface area contributed by atoms with Crippen LogP contribution in [0, 0.1) is 5.82 Å². The van der Waals surface area contributed by atoms with Crippen LogP contribution in [0.25, 0.3) is 10.9 Å². The number of anilines is 1. The van der Waals surface area contributed by atoms with E-state index in [9.17, 15) is 14.0 Å². The van der Waals surface area contributed by atoms with Crippen LogP contribution in [0.15, 0.2) is 64.0 Å². The highest BCUT2D eigenvalue weighted by Gasteiger charge is 2.08. The molecule has 0 aliphatic rings. The summed E-state index contributed by atoms with van der Waals surface area (Å²) >= 11 is 3.33. The molecule has 1 amide bonds. The summed E-state index contributed by atoms with van der Waals surface area (Å²) < 4.78 is 15.6. The predicted molar refractivity (Wildman–Crippen MR) is 90.9 cm³/mol. The first-order chi connectivity index (χ1) is 11.0. The summed E-state index contributed by atoms with van der Waals surface area (Å²) in [5.74, 6) is -0.718. The summed E-state index contributed by atoms with van der Waals surface area (Å²) in [4.78, 5) is 24.1. The van der Waals surface area contributed by atoms with Gasteiger partial charge in [-0.1, -0.05) is 22.0 Å². The van der Waals surface area contributed by atoms with Crippen molar-refractivity contribution in [3.63, 3.8) is 0 Å². The second-order valence-corrected chi connectivity index (χ2v) is 5.94. The quantitative estimate of drug-likeness (QED) is 0.762. The van der Waals surface area contributed by atoms with Gasteiger partial charge in [0.25, 0.3) is 0 Å². The first-order valence-electron chi connectivity index (χ1n) is 6.87. The first kappa shape index (κ1) is 15.4. The van der Waals surface area contributed by atoms with Gasteiger partial charge in [0, 0.05) is 27.8 Å². The zero-order chi connectivity index (χ0) is 16.4. The van der Waals surface area contributed by atoms with Gasteiger partial charge < -0.3 is 9.88 Å². The number of carbonyl (C=O) groups excluding carboxylic acids is 1. The molecule has 0 fully saturated rings. The standard InChI is InChI=1S/C17H12BrFN2O2/c18-11-4-5-15-14(8-11)16(22)6-7-21(15)10-17(23)20-13-3-1-2-12(19)9-13/h1-9H,10H2,(H,20,23). The van der Waals surface area contributed by atoms with Crippen LogP contribution in [0.1, 0.15) is 0 Å². The molecule has 0 atom stereocenters. The Bertz CT molecular complexity index is 953. The fraction of sp³-hybridized carbons (Fsp3) is 0.0588.